The predicted molar refractivity (Wildman–Crippen MR) is 186 cm³/mol. The molecule has 16 heteroatoms. The molecule has 0 unspecified atom stereocenters. The maximum Gasteiger partial charge on any atom is 0.340 e. The van der Waals surface area contributed by atoms with Crippen molar-refractivity contribution in [2.24, 2.45) is 0 Å². The number of hydrogen-bond acceptors (Lipinski definition) is 6. The lowest BCUT2D eigenvalue weighted by molar-refractivity contribution is -1.08. The molecular weight excluding hydrogens is 691 g/mol. The van der Waals surface area contributed by atoms with Crippen LogP contribution >= 0.6 is 18.9 Å². The van der Waals surface area contributed by atoms with Crippen LogP contribution in [0.2, 0.25) is 0 Å². The molecule has 1 aromatic heterocycles. The number of halogens is 1. The molecule has 4 bridgehead atoms. The molecule has 0 saturated carbocycles. The number of fused-ring (bicyclic) bond motifs is 7. The normalized spacial score (nSPS) is 29.7. The summed E-state index contributed by atoms with van der Waals surface area (Å²) in [6, 6.07) is 14.1. The number of benzene rings is 2. The van der Waals surface area contributed by atoms with Gasteiger partial charge in [-0.3, -0.25) is 9.05 Å². The van der Waals surface area contributed by atoms with Crippen LogP contribution < -0.4 is 13.9 Å². The molecule has 6 aliphatic rings. The third-order valence-corrected chi connectivity index (χ3v) is 15.8. The first kappa shape index (κ1) is 34.9. The molecule has 6 saturated heterocycles. The van der Waals surface area contributed by atoms with Crippen LogP contribution in [0.5, 0.6) is 5.75 Å². The van der Waals surface area contributed by atoms with Gasteiger partial charge in [0, 0.05) is 23.3 Å². The lowest BCUT2D eigenvalue weighted by Crippen LogP contribution is -2.77. The molecule has 264 valence electrons. The number of sulfonamides is 1. The smallest absolute Gasteiger partial charge is 0.340 e. The first-order chi connectivity index (χ1) is 23.3. The molecule has 0 atom stereocenters. The molecule has 0 radical (unpaired) electrons. The van der Waals surface area contributed by atoms with Gasteiger partial charge in [-0.1, -0.05) is 0 Å². The highest BCUT2D eigenvalue weighted by atomic mass is 32.2. The number of quaternary nitrogens is 4. The van der Waals surface area contributed by atoms with E-state index < -0.39 is 29.7 Å². The van der Waals surface area contributed by atoms with Gasteiger partial charge in [-0.05, 0) is 35.7 Å². The molecule has 49 heavy (non-hydrogen) atoms. The Labute approximate surface area is 291 Å². The zero-order chi connectivity index (χ0) is 34.5. The van der Waals surface area contributed by atoms with Crippen molar-refractivity contribution in [2.45, 2.75) is 10.6 Å². The number of nitriles is 1. The van der Waals surface area contributed by atoms with Gasteiger partial charge in [0.05, 0.1) is 18.7 Å². The zero-order valence-corrected chi connectivity index (χ0v) is 30.2. The predicted octanol–water partition coefficient (Wildman–Crippen LogP) is 2.61. The summed E-state index contributed by atoms with van der Waals surface area (Å²) in [5.74, 6) is 0.275. The quantitative estimate of drug-likeness (QED) is 0.181. The number of nitrogens with zero attached hydrogens (tertiary/aromatic N) is 5. The van der Waals surface area contributed by atoms with Crippen molar-refractivity contribution in [1.29, 1.82) is 5.26 Å². The van der Waals surface area contributed by atoms with Gasteiger partial charge in [0.2, 0.25) is 0 Å². The summed E-state index contributed by atoms with van der Waals surface area (Å²) in [6.07, 6.45) is 0.300. The third-order valence-electron chi connectivity index (χ3n) is 12.1. The van der Waals surface area contributed by atoms with Gasteiger partial charge in [0.1, 0.15) is 126 Å². The van der Waals surface area contributed by atoms with Gasteiger partial charge >= 0.3 is 7.60 Å². The van der Waals surface area contributed by atoms with Crippen molar-refractivity contribution < 1.29 is 45.3 Å². The highest BCUT2D eigenvalue weighted by Gasteiger charge is 2.52. The Kier molecular flexibility index (Phi) is 9.22. The first-order valence-corrected chi connectivity index (χ1v) is 21.2. The summed E-state index contributed by atoms with van der Waals surface area (Å²) in [5.41, 5.74) is 1.14. The monoisotopic (exact) mass is 736 g/mol. The number of hydrogen-bond donors (Lipinski definition) is 3. The second-order valence-electron chi connectivity index (χ2n) is 14.7. The van der Waals surface area contributed by atoms with Gasteiger partial charge in [0.15, 0.2) is 0 Å². The van der Waals surface area contributed by atoms with E-state index in [1.54, 1.807) is 12.1 Å². The maximum absolute atomic E-state index is 14.4. The standard InChI is InChI=1S/C33H44FN6O6PS2/c34-31-24-29(3-2-27(31)25-35)40-17-14-38(15-18-40,16-19-40)7-1-6-37-8-11-39(12-9-37,13-10-37)20-21-46-30-4-5-32-28(22-30)23-33(48-32)49(44,45)36-26-47(41,42)43/h2-5,22-24,36H,1,6-21,26H2/q+2/p+2. The van der Waals surface area contributed by atoms with Gasteiger partial charge in [0.25, 0.3) is 10.0 Å². The van der Waals surface area contributed by atoms with E-state index >= 15 is 0 Å². The summed E-state index contributed by atoms with van der Waals surface area (Å²) in [6.45, 7) is 17.6. The van der Waals surface area contributed by atoms with Crippen LogP contribution in [-0.4, -0.2) is 143 Å². The number of ether oxygens (including phenoxy) is 1. The zero-order valence-electron chi connectivity index (χ0n) is 27.7. The van der Waals surface area contributed by atoms with Crippen LogP contribution in [0.4, 0.5) is 10.1 Å². The number of thiophene rings is 1. The Morgan fingerprint density at radius 1 is 0.857 bits per heavy atom. The Bertz CT molecular complexity index is 1900. The van der Waals surface area contributed by atoms with E-state index in [4.69, 9.17) is 19.8 Å². The lowest BCUT2D eigenvalue weighted by Gasteiger charge is -2.57. The second kappa shape index (κ2) is 12.9. The Morgan fingerprint density at radius 2 is 1.45 bits per heavy atom. The fourth-order valence-electron chi connectivity index (χ4n) is 8.67. The fraction of sp³-hybridized carbons (Fsp3) is 0.545. The highest BCUT2D eigenvalue weighted by Crippen LogP contribution is 2.37. The summed E-state index contributed by atoms with van der Waals surface area (Å²) < 4.78 is 63.8. The van der Waals surface area contributed by atoms with Crippen LogP contribution in [-0.2, 0) is 14.6 Å². The average Bonchev–Trinajstić information content (AvgIpc) is 3.54. The Hall–Kier alpha value is -2.48. The van der Waals surface area contributed by atoms with Crippen molar-refractivity contribution in [3.63, 3.8) is 0 Å². The summed E-state index contributed by atoms with van der Waals surface area (Å²) >= 11 is 1.05. The fourth-order valence-corrected chi connectivity index (χ4v) is 12.1. The molecule has 6 aliphatic heterocycles. The van der Waals surface area contributed by atoms with E-state index in [-0.39, 0.29) is 9.77 Å². The van der Waals surface area contributed by atoms with E-state index in [0.717, 1.165) is 96.1 Å². The van der Waals surface area contributed by atoms with Gasteiger partial charge in [-0.15, -0.1) is 11.3 Å². The van der Waals surface area contributed by atoms with Crippen molar-refractivity contribution in [1.82, 2.24) is 9.21 Å². The van der Waals surface area contributed by atoms with Crippen LogP contribution in [0.15, 0.2) is 46.7 Å². The molecular formula is C33H46FN6O6PS2+4. The molecule has 9 rings (SSSR count). The largest absolute Gasteiger partial charge is 0.488 e. The number of piperazine rings is 6. The molecule has 12 nitrogen and oxygen atoms in total. The molecule has 2 aromatic carbocycles. The number of nitrogens with one attached hydrogen (secondary N) is 1. The topological polar surface area (TPSA) is 137 Å². The maximum atomic E-state index is 14.4. The van der Waals surface area contributed by atoms with Crippen LogP contribution in [0, 0.1) is 17.1 Å². The molecule has 6 fully saturated rings. The van der Waals surface area contributed by atoms with Crippen molar-refractivity contribution in [3.8, 4) is 11.8 Å². The van der Waals surface area contributed by atoms with E-state index in [1.807, 2.05) is 35.1 Å². The van der Waals surface area contributed by atoms with Crippen molar-refractivity contribution in [2.75, 3.05) is 111 Å². The van der Waals surface area contributed by atoms with Crippen molar-refractivity contribution in [3.05, 3.63) is 53.8 Å². The minimum Gasteiger partial charge on any atom is -0.488 e. The van der Waals surface area contributed by atoms with E-state index in [9.17, 15) is 17.4 Å². The minimum atomic E-state index is -4.51. The average molecular weight is 737 g/mol. The van der Waals surface area contributed by atoms with Crippen LogP contribution in [0.1, 0.15) is 12.0 Å². The Balaban J connectivity index is 0.865. The third kappa shape index (κ3) is 7.19. The summed E-state index contributed by atoms with van der Waals surface area (Å²) in [7, 11) is -8.54. The van der Waals surface area contributed by atoms with Gasteiger partial charge in [-0.25, -0.2) is 12.8 Å². The SMILES string of the molecule is N#Cc1ccc([N+]23CC[N+](CCC[N+]45CC[N+](CCOc6ccc7sc(S(=O)(=O)NCP(=O)(O)O)cc7c6)(CC4)CC5)(CC2)CC3)cc1F. The molecule has 0 amide bonds. The van der Waals surface area contributed by atoms with E-state index in [1.165, 1.54) is 54.2 Å². The molecule has 3 aromatic rings. The number of rotatable bonds is 13. The summed E-state index contributed by atoms with van der Waals surface area (Å²) in [5, 5.41) is 9.83. The highest BCUT2D eigenvalue weighted by molar-refractivity contribution is 7.92. The van der Waals surface area contributed by atoms with Gasteiger partial charge < -0.3 is 28.0 Å². The summed E-state index contributed by atoms with van der Waals surface area (Å²) in [4.78, 5) is 18.1. The molecule has 0 spiro atoms. The van der Waals surface area contributed by atoms with E-state index in [2.05, 4.69) is 0 Å². The van der Waals surface area contributed by atoms with Crippen LogP contribution in [0.3, 0.4) is 0 Å². The van der Waals surface area contributed by atoms with E-state index in [0.29, 0.717) is 17.7 Å². The van der Waals surface area contributed by atoms with Crippen molar-refractivity contribution >= 4 is 44.7 Å². The molecule has 7 heterocycles. The second-order valence-corrected chi connectivity index (χ2v) is 19.5. The first-order valence-electron chi connectivity index (χ1n) is 17.1. The van der Waals surface area contributed by atoms with Crippen LogP contribution in [0.25, 0.3) is 10.1 Å². The van der Waals surface area contributed by atoms with Gasteiger partial charge in [-0.2, -0.15) is 9.98 Å². The minimum absolute atomic E-state index is 0.00420. The lowest BCUT2D eigenvalue weighted by atomic mass is 10.0. The molecule has 3 N–H and O–H groups in total. The Morgan fingerprint density at radius 3 is 2.02 bits per heavy atom. The molecule has 0 aliphatic carbocycles.